The van der Waals surface area contributed by atoms with Crippen molar-refractivity contribution in [1.82, 2.24) is 14.8 Å². The maximum absolute atomic E-state index is 6.18. The lowest BCUT2D eigenvalue weighted by atomic mass is 10.1. The van der Waals surface area contributed by atoms with Crippen LogP contribution in [0.25, 0.3) is 5.69 Å². The molecule has 0 saturated carbocycles. The summed E-state index contributed by atoms with van der Waals surface area (Å²) < 4.78 is 1.99. The number of nitrogens with zero attached hydrogens (tertiary/aromatic N) is 3. The molecule has 1 aliphatic rings. The van der Waals surface area contributed by atoms with Gasteiger partial charge in [-0.05, 0) is 43.2 Å². The monoisotopic (exact) mass is 324 g/mol. The zero-order valence-electron chi connectivity index (χ0n) is 12.9. The van der Waals surface area contributed by atoms with E-state index in [-0.39, 0.29) is 0 Å². The van der Waals surface area contributed by atoms with Gasteiger partial charge in [-0.3, -0.25) is 4.98 Å². The molecule has 1 N–H and O–H groups in total. The Kier molecular flexibility index (Phi) is 3.54. The smallest absolute Gasteiger partial charge is 0.133 e. The molecule has 1 aromatic carbocycles. The topological polar surface area (TPSA) is 42.7 Å². The molecule has 3 heterocycles. The maximum Gasteiger partial charge on any atom is 0.133 e. The average Bonchev–Trinajstić information content (AvgIpc) is 3.15. The number of benzene rings is 1. The van der Waals surface area contributed by atoms with Crippen molar-refractivity contribution in [2.75, 3.05) is 11.9 Å². The summed E-state index contributed by atoms with van der Waals surface area (Å²) in [5.74, 6) is 1.08. The zero-order chi connectivity index (χ0) is 15.8. The van der Waals surface area contributed by atoms with Crippen molar-refractivity contribution in [1.29, 1.82) is 0 Å². The van der Waals surface area contributed by atoms with E-state index in [0.29, 0.717) is 0 Å². The molecule has 23 heavy (non-hydrogen) atoms. The second-order valence-electron chi connectivity index (χ2n) is 5.79. The molecule has 116 valence electrons. The first-order chi connectivity index (χ1) is 11.2. The first-order valence-corrected chi connectivity index (χ1v) is 8.11. The summed E-state index contributed by atoms with van der Waals surface area (Å²) in [7, 11) is 0. The predicted molar refractivity (Wildman–Crippen MR) is 92.5 cm³/mol. The van der Waals surface area contributed by atoms with Gasteiger partial charge in [0.25, 0.3) is 0 Å². The van der Waals surface area contributed by atoms with Crippen LogP contribution >= 0.6 is 11.6 Å². The van der Waals surface area contributed by atoms with Crippen LogP contribution in [-0.2, 0) is 12.8 Å². The van der Waals surface area contributed by atoms with Crippen LogP contribution in [0.2, 0.25) is 5.02 Å². The Morgan fingerprint density at radius 3 is 3.00 bits per heavy atom. The van der Waals surface area contributed by atoms with Crippen LogP contribution in [0.15, 0.2) is 42.6 Å². The molecule has 4 rings (SSSR count). The lowest BCUT2D eigenvalue weighted by Crippen LogP contribution is -2.06. The number of halogens is 1. The fourth-order valence-corrected chi connectivity index (χ4v) is 3.21. The van der Waals surface area contributed by atoms with Crippen LogP contribution < -0.4 is 5.32 Å². The second kappa shape index (κ2) is 5.70. The van der Waals surface area contributed by atoms with Crippen LogP contribution in [0.4, 0.5) is 5.82 Å². The van der Waals surface area contributed by atoms with Gasteiger partial charge in [0.2, 0.25) is 0 Å². The van der Waals surface area contributed by atoms with Gasteiger partial charge in [-0.15, -0.1) is 0 Å². The Hall–Kier alpha value is -2.33. The number of nitrogens with one attached hydrogen (secondary N) is 1. The molecule has 0 atom stereocenters. The third-order valence-corrected chi connectivity index (χ3v) is 4.44. The van der Waals surface area contributed by atoms with E-state index in [2.05, 4.69) is 17.2 Å². The minimum absolute atomic E-state index is 0.721. The Bertz CT molecular complexity index is 855. The van der Waals surface area contributed by atoms with Gasteiger partial charge in [0, 0.05) is 35.4 Å². The van der Waals surface area contributed by atoms with Gasteiger partial charge in [0.1, 0.15) is 5.82 Å². The molecule has 4 nitrogen and oxygen atoms in total. The highest BCUT2D eigenvalue weighted by Crippen LogP contribution is 2.31. The molecule has 0 spiro atoms. The lowest BCUT2D eigenvalue weighted by molar-refractivity contribution is 0.829. The summed E-state index contributed by atoms with van der Waals surface area (Å²) in [6.07, 6.45) is 3.57. The first kappa shape index (κ1) is 14.3. The molecule has 0 bridgehead atoms. The van der Waals surface area contributed by atoms with Gasteiger partial charge >= 0.3 is 0 Å². The van der Waals surface area contributed by atoms with E-state index in [0.717, 1.165) is 52.9 Å². The van der Waals surface area contributed by atoms with E-state index < -0.39 is 0 Å². The molecule has 0 aliphatic carbocycles. The van der Waals surface area contributed by atoms with Gasteiger partial charge in [-0.2, -0.15) is 5.10 Å². The fraction of sp³-hybridized carbons (Fsp3) is 0.222. The zero-order valence-corrected chi connectivity index (χ0v) is 13.6. The Morgan fingerprint density at radius 1 is 1.26 bits per heavy atom. The SMILES string of the molecule is Cc1ccc(Cl)cc1-n1nc(Cc2ccccn2)c2c1NCC2. The summed E-state index contributed by atoms with van der Waals surface area (Å²) in [5, 5.41) is 9.03. The third-order valence-electron chi connectivity index (χ3n) is 4.21. The number of hydrogen-bond acceptors (Lipinski definition) is 3. The molecule has 1 aliphatic heterocycles. The highest BCUT2D eigenvalue weighted by molar-refractivity contribution is 6.30. The van der Waals surface area contributed by atoms with Crippen molar-refractivity contribution >= 4 is 17.4 Å². The van der Waals surface area contributed by atoms with Crippen molar-refractivity contribution in [3.63, 3.8) is 0 Å². The molecule has 0 radical (unpaired) electrons. The highest BCUT2D eigenvalue weighted by atomic mass is 35.5. The van der Waals surface area contributed by atoms with Crippen molar-refractivity contribution < 1.29 is 0 Å². The van der Waals surface area contributed by atoms with Crippen LogP contribution in [-0.4, -0.2) is 21.3 Å². The normalized spacial score (nSPS) is 13.0. The molecule has 0 amide bonds. The summed E-state index contributed by atoms with van der Waals surface area (Å²) in [4.78, 5) is 4.42. The summed E-state index contributed by atoms with van der Waals surface area (Å²) in [5.41, 5.74) is 5.58. The molecule has 0 fully saturated rings. The van der Waals surface area contributed by atoms with E-state index in [1.54, 1.807) is 0 Å². The molecule has 5 heteroatoms. The van der Waals surface area contributed by atoms with E-state index in [1.807, 2.05) is 47.3 Å². The van der Waals surface area contributed by atoms with Gasteiger partial charge in [0.05, 0.1) is 11.4 Å². The number of anilines is 1. The van der Waals surface area contributed by atoms with Crippen LogP contribution in [0.5, 0.6) is 0 Å². The first-order valence-electron chi connectivity index (χ1n) is 7.73. The highest BCUT2D eigenvalue weighted by Gasteiger charge is 2.23. The Balaban J connectivity index is 1.80. The van der Waals surface area contributed by atoms with Crippen LogP contribution in [0.1, 0.15) is 22.5 Å². The predicted octanol–water partition coefficient (Wildman–Crippen LogP) is 3.79. The van der Waals surface area contributed by atoms with Crippen molar-refractivity contribution in [2.45, 2.75) is 19.8 Å². The van der Waals surface area contributed by atoms with E-state index >= 15 is 0 Å². The summed E-state index contributed by atoms with van der Waals surface area (Å²) in [6, 6.07) is 11.9. The second-order valence-corrected chi connectivity index (χ2v) is 6.23. The number of hydrogen-bond donors (Lipinski definition) is 1. The third kappa shape index (κ3) is 2.59. The van der Waals surface area contributed by atoms with Crippen molar-refractivity contribution in [3.8, 4) is 5.69 Å². The van der Waals surface area contributed by atoms with E-state index in [4.69, 9.17) is 16.7 Å². The molecule has 3 aromatic rings. The largest absolute Gasteiger partial charge is 0.369 e. The van der Waals surface area contributed by atoms with E-state index in [1.165, 1.54) is 5.56 Å². The standard InChI is InChI=1S/C18H17ClN4/c1-12-5-6-13(19)10-17(12)23-18-15(7-9-21-18)16(22-23)11-14-4-2-3-8-20-14/h2-6,8,10,21H,7,9,11H2,1H3. The maximum atomic E-state index is 6.18. The van der Waals surface area contributed by atoms with Crippen molar-refractivity contribution in [3.05, 3.63) is 70.1 Å². The number of aryl methyl sites for hydroxylation is 1. The quantitative estimate of drug-likeness (QED) is 0.797. The molecule has 2 aromatic heterocycles. The van der Waals surface area contributed by atoms with Gasteiger partial charge in [-0.25, -0.2) is 4.68 Å². The average molecular weight is 325 g/mol. The fourth-order valence-electron chi connectivity index (χ4n) is 3.05. The molecular weight excluding hydrogens is 308 g/mol. The van der Waals surface area contributed by atoms with E-state index in [9.17, 15) is 0 Å². The molecule has 0 unspecified atom stereocenters. The number of fused-ring (bicyclic) bond motifs is 1. The minimum atomic E-state index is 0.721. The van der Waals surface area contributed by atoms with Gasteiger partial charge in [0.15, 0.2) is 0 Å². The number of aromatic nitrogens is 3. The van der Waals surface area contributed by atoms with Crippen LogP contribution in [0, 0.1) is 6.92 Å². The van der Waals surface area contributed by atoms with Crippen LogP contribution in [0.3, 0.4) is 0 Å². The van der Waals surface area contributed by atoms with Gasteiger partial charge < -0.3 is 5.32 Å². The Morgan fingerprint density at radius 2 is 2.17 bits per heavy atom. The molecular formula is C18H17ClN4. The lowest BCUT2D eigenvalue weighted by Gasteiger charge is -2.10. The minimum Gasteiger partial charge on any atom is -0.369 e. The van der Waals surface area contributed by atoms with Crippen molar-refractivity contribution in [2.24, 2.45) is 0 Å². The number of pyridine rings is 1. The molecule has 0 saturated heterocycles. The summed E-state index contributed by atoms with van der Waals surface area (Å²) >= 11 is 6.18. The van der Waals surface area contributed by atoms with Gasteiger partial charge in [-0.1, -0.05) is 23.7 Å². The number of rotatable bonds is 3. The Labute approximate surface area is 140 Å². The summed E-state index contributed by atoms with van der Waals surface area (Å²) in [6.45, 7) is 3.02.